The standard InChI is InChI=1S/C11H7NS2/c1-2-4-8(5-3-1)10-11-9(6-13-10)12-7-14-11/h1-7H. The minimum Gasteiger partial charge on any atom is -0.244 e. The third-order valence-electron chi connectivity index (χ3n) is 2.13. The largest absolute Gasteiger partial charge is 0.244 e. The van der Waals surface area contributed by atoms with Gasteiger partial charge in [0.25, 0.3) is 0 Å². The van der Waals surface area contributed by atoms with Gasteiger partial charge in [-0.15, -0.1) is 22.7 Å². The Balaban J connectivity index is 2.28. The first-order valence-corrected chi connectivity index (χ1v) is 6.07. The summed E-state index contributed by atoms with van der Waals surface area (Å²) in [6.07, 6.45) is 0. The molecule has 0 saturated carbocycles. The Morgan fingerprint density at radius 2 is 1.86 bits per heavy atom. The Morgan fingerprint density at radius 3 is 2.71 bits per heavy atom. The molecule has 0 aliphatic carbocycles. The third-order valence-corrected chi connectivity index (χ3v) is 4.13. The summed E-state index contributed by atoms with van der Waals surface area (Å²) >= 11 is 3.49. The molecule has 0 aliphatic rings. The van der Waals surface area contributed by atoms with Crippen molar-refractivity contribution in [3.05, 3.63) is 41.2 Å². The first-order valence-electron chi connectivity index (χ1n) is 4.31. The normalized spacial score (nSPS) is 10.9. The molecular formula is C11H7NS2. The lowest BCUT2D eigenvalue weighted by molar-refractivity contribution is 1.52. The molecule has 2 heterocycles. The van der Waals surface area contributed by atoms with E-state index in [-0.39, 0.29) is 0 Å². The molecule has 0 bridgehead atoms. The van der Waals surface area contributed by atoms with Gasteiger partial charge in [0.05, 0.1) is 20.6 Å². The molecule has 68 valence electrons. The van der Waals surface area contributed by atoms with Gasteiger partial charge in [0, 0.05) is 5.38 Å². The fraction of sp³-hybridized carbons (Fsp3) is 0. The van der Waals surface area contributed by atoms with E-state index in [0.717, 1.165) is 5.52 Å². The Labute approximate surface area is 89.7 Å². The summed E-state index contributed by atoms with van der Waals surface area (Å²) in [4.78, 5) is 5.63. The molecule has 1 aromatic carbocycles. The highest BCUT2D eigenvalue weighted by Crippen LogP contribution is 2.36. The second kappa shape index (κ2) is 3.19. The topological polar surface area (TPSA) is 12.9 Å². The van der Waals surface area contributed by atoms with E-state index in [1.54, 1.807) is 22.7 Å². The average Bonchev–Trinajstić information content (AvgIpc) is 2.79. The molecule has 14 heavy (non-hydrogen) atoms. The first kappa shape index (κ1) is 8.15. The second-order valence-corrected chi connectivity index (χ2v) is 4.73. The molecule has 3 rings (SSSR count). The molecule has 3 heteroatoms. The van der Waals surface area contributed by atoms with Gasteiger partial charge in [-0.1, -0.05) is 30.3 Å². The van der Waals surface area contributed by atoms with Gasteiger partial charge in [0.15, 0.2) is 0 Å². The van der Waals surface area contributed by atoms with Gasteiger partial charge in [-0.05, 0) is 5.56 Å². The Hall–Kier alpha value is -1.19. The third kappa shape index (κ3) is 1.17. The van der Waals surface area contributed by atoms with Gasteiger partial charge in [0.2, 0.25) is 0 Å². The van der Waals surface area contributed by atoms with E-state index in [2.05, 4.69) is 34.6 Å². The number of hydrogen-bond acceptors (Lipinski definition) is 3. The molecule has 0 N–H and O–H groups in total. The van der Waals surface area contributed by atoms with Crippen LogP contribution in [0.1, 0.15) is 0 Å². The highest BCUT2D eigenvalue weighted by molar-refractivity contribution is 7.24. The molecular weight excluding hydrogens is 210 g/mol. The van der Waals surface area contributed by atoms with Crippen molar-refractivity contribution in [2.45, 2.75) is 0 Å². The summed E-state index contributed by atoms with van der Waals surface area (Å²) in [6, 6.07) is 10.5. The van der Waals surface area contributed by atoms with Gasteiger partial charge < -0.3 is 0 Å². The summed E-state index contributed by atoms with van der Waals surface area (Å²) < 4.78 is 1.31. The predicted octanol–water partition coefficient (Wildman–Crippen LogP) is 4.02. The van der Waals surface area contributed by atoms with Crippen molar-refractivity contribution >= 4 is 32.9 Å². The minimum absolute atomic E-state index is 1.12. The Bertz CT molecular complexity index is 551. The van der Waals surface area contributed by atoms with Gasteiger partial charge in [-0.3, -0.25) is 0 Å². The fourth-order valence-electron chi connectivity index (χ4n) is 1.47. The molecule has 0 fully saturated rings. The van der Waals surface area contributed by atoms with Crippen molar-refractivity contribution in [1.29, 1.82) is 0 Å². The van der Waals surface area contributed by atoms with Crippen LogP contribution >= 0.6 is 22.7 Å². The highest BCUT2D eigenvalue weighted by Gasteiger charge is 2.07. The van der Waals surface area contributed by atoms with Gasteiger partial charge >= 0.3 is 0 Å². The molecule has 2 aromatic heterocycles. The Morgan fingerprint density at radius 1 is 1.00 bits per heavy atom. The molecule has 3 aromatic rings. The first-order chi connectivity index (χ1) is 6.95. The SMILES string of the molecule is c1ccc(-c2scc3ncsc23)cc1. The van der Waals surface area contributed by atoms with Crippen LogP contribution in [0.15, 0.2) is 41.2 Å². The maximum atomic E-state index is 4.29. The summed E-state index contributed by atoms with van der Waals surface area (Å²) in [5, 5.41) is 2.12. The highest BCUT2D eigenvalue weighted by atomic mass is 32.1. The number of aromatic nitrogens is 1. The van der Waals surface area contributed by atoms with Crippen molar-refractivity contribution < 1.29 is 0 Å². The monoisotopic (exact) mass is 217 g/mol. The second-order valence-electron chi connectivity index (χ2n) is 3.00. The number of thiazole rings is 1. The number of nitrogens with zero attached hydrogens (tertiary/aromatic N) is 1. The fourth-order valence-corrected chi connectivity index (χ4v) is 3.45. The van der Waals surface area contributed by atoms with Gasteiger partial charge in [-0.2, -0.15) is 0 Å². The Kier molecular flexibility index (Phi) is 1.85. The van der Waals surface area contributed by atoms with E-state index in [0.29, 0.717) is 0 Å². The van der Waals surface area contributed by atoms with Crippen LogP contribution in [0.5, 0.6) is 0 Å². The van der Waals surface area contributed by atoms with Crippen LogP contribution in [0.25, 0.3) is 20.7 Å². The zero-order chi connectivity index (χ0) is 9.38. The number of hydrogen-bond donors (Lipinski definition) is 0. The number of benzene rings is 1. The smallest absolute Gasteiger partial charge is 0.0925 e. The van der Waals surface area contributed by atoms with Crippen LogP contribution in [-0.2, 0) is 0 Å². The number of fused-ring (bicyclic) bond motifs is 1. The molecule has 0 amide bonds. The molecule has 0 saturated heterocycles. The van der Waals surface area contributed by atoms with Crippen molar-refractivity contribution in [3.8, 4) is 10.4 Å². The lowest BCUT2D eigenvalue weighted by Gasteiger charge is -1.94. The van der Waals surface area contributed by atoms with E-state index in [4.69, 9.17) is 0 Å². The van der Waals surface area contributed by atoms with Crippen LogP contribution in [-0.4, -0.2) is 4.98 Å². The van der Waals surface area contributed by atoms with Crippen molar-refractivity contribution in [3.63, 3.8) is 0 Å². The van der Waals surface area contributed by atoms with E-state index < -0.39 is 0 Å². The molecule has 0 unspecified atom stereocenters. The molecule has 0 spiro atoms. The van der Waals surface area contributed by atoms with E-state index in [1.165, 1.54) is 15.1 Å². The van der Waals surface area contributed by atoms with Crippen LogP contribution < -0.4 is 0 Å². The summed E-state index contributed by atoms with van der Waals surface area (Å²) in [7, 11) is 0. The lowest BCUT2D eigenvalue weighted by Crippen LogP contribution is -1.68. The van der Waals surface area contributed by atoms with Crippen molar-refractivity contribution in [2.24, 2.45) is 0 Å². The number of rotatable bonds is 1. The van der Waals surface area contributed by atoms with Crippen LogP contribution in [0, 0.1) is 0 Å². The van der Waals surface area contributed by atoms with E-state index >= 15 is 0 Å². The molecule has 0 radical (unpaired) electrons. The molecule has 0 atom stereocenters. The quantitative estimate of drug-likeness (QED) is 0.600. The zero-order valence-corrected chi connectivity index (χ0v) is 8.94. The van der Waals surface area contributed by atoms with Crippen molar-refractivity contribution in [1.82, 2.24) is 4.98 Å². The number of thiophene rings is 1. The lowest BCUT2D eigenvalue weighted by atomic mass is 10.2. The van der Waals surface area contributed by atoms with Gasteiger partial charge in [-0.25, -0.2) is 4.98 Å². The maximum Gasteiger partial charge on any atom is 0.0925 e. The minimum atomic E-state index is 1.12. The summed E-state index contributed by atoms with van der Waals surface area (Å²) in [5.74, 6) is 0. The average molecular weight is 217 g/mol. The maximum absolute atomic E-state index is 4.29. The molecule has 1 nitrogen and oxygen atoms in total. The van der Waals surface area contributed by atoms with Gasteiger partial charge in [0.1, 0.15) is 0 Å². The molecule has 0 aliphatic heterocycles. The summed E-state index contributed by atoms with van der Waals surface area (Å²) in [5.41, 5.74) is 4.32. The van der Waals surface area contributed by atoms with Crippen LogP contribution in [0.3, 0.4) is 0 Å². The van der Waals surface area contributed by atoms with E-state index in [9.17, 15) is 0 Å². The van der Waals surface area contributed by atoms with Crippen LogP contribution in [0.2, 0.25) is 0 Å². The van der Waals surface area contributed by atoms with Crippen LogP contribution in [0.4, 0.5) is 0 Å². The zero-order valence-electron chi connectivity index (χ0n) is 7.31. The summed E-state index contributed by atoms with van der Waals surface area (Å²) in [6.45, 7) is 0. The van der Waals surface area contributed by atoms with E-state index in [1.807, 2.05) is 11.6 Å². The van der Waals surface area contributed by atoms with Crippen molar-refractivity contribution in [2.75, 3.05) is 0 Å². The predicted molar refractivity (Wildman–Crippen MR) is 62.9 cm³/mol.